The minimum atomic E-state index is -0.569. The Morgan fingerprint density at radius 2 is 1.71 bits per heavy atom. The largest absolute Gasteiger partial charge is 0.451 e. The Kier molecular flexibility index (Phi) is 6.94. The van der Waals surface area contributed by atoms with E-state index in [1.807, 2.05) is 9.80 Å². The molecule has 11 nitrogen and oxygen atoms in total. The van der Waals surface area contributed by atoms with Gasteiger partial charge in [-0.2, -0.15) is 0 Å². The second kappa shape index (κ2) is 10.1. The highest BCUT2D eigenvalue weighted by molar-refractivity contribution is 7.80. The van der Waals surface area contributed by atoms with E-state index < -0.39 is 15.8 Å². The number of nitrogens with zero attached hydrogens (tertiary/aromatic N) is 4. The number of nitro groups is 2. The molecule has 0 unspecified atom stereocenters. The molecule has 3 aromatic rings. The lowest BCUT2D eigenvalue weighted by Gasteiger charge is -2.37. The van der Waals surface area contributed by atoms with Crippen LogP contribution in [-0.2, 0) is 0 Å². The molecule has 180 valence electrons. The molecule has 0 aliphatic carbocycles. The van der Waals surface area contributed by atoms with E-state index in [1.165, 1.54) is 30.3 Å². The number of nitro benzene ring substituents is 2. The lowest BCUT2D eigenvalue weighted by atomic mass is 10.1. The first-order chi connectivity index (χ1) is 16.7. The molecule has 2 heterocycles. The molecule has 4 rings (SSSR count). The molecule has 0 spiro atoms. The number of non-ortho nitro benzene ring substituents is 1. The maximum absolute atomic E-state index is 12.6. The van der Waals surface area contributed by atoms with Crippen LogP contribution >= 0.6 is 23.8 Å². The zero-order valence-corrected chi connectivity index (χ0v) is 19.6. The van der Waals surface area contributed by atoms with Crippen molar-refractivity contribution in [3.63, 3.8) is 0 Å². The van der Waals surface area contributed by atoms with E-state index in [-0.39, 0.29) is 38.6 Å². The SMILES string of the molecule is O=C(NC(=S)N1CCN(c2ccc([N+](=O)[O-])cc2Cl)CC1)c1ccc(-c2ccccc2[N+](=O)[O-])o1. The maximum Gasteiger partial charge on any atom is 0.293 e. The topological polar surface area (TPSA) is 135 Å². The van der Waals surface area contributed by atoms with Crippen LogP contribution in [0.1, 0.15) is 10.6 Å². The van der Waals surface area contributed by atoms with Crippen molar-refractivity contribution < 1.29 is 19.1 Å². The molecule has 1 aliphatic rings. The van der Waals surface area contributed by atoms with Crippen LogP contribution in [0.3, 0.4) is 0 Å². The van der Waals surface area contributed by atoms with Gasteiger partial charge in [-0.3, -0.25) is 30.3 Å². The second-order valence-electron chi connectivity index (χ2n) is 7.56. The Bertz CT molecular complexity index is 1320. The van der Waals surface area contributed by atoms with E-state index in [1.54, 1.807) is 24.3 Å². The number of hydrogen-bond acceptors (Lipinski definition) is 8. The Morgan fingerprint density at radius 3 is 2.37 bits per heavy atom. The van der Waals surface area contributed by atoms with Gasteiger partial charge in [0, 0.05) is 44.4 Å². The molecule has 1 amide bonds. The summed E-state index contributed by atoms with van der Waals surface area (Å²) < 4.78 is 5.56. The number of benzene rings is 2. The summed E-state index contributed by atoms with van der Waals surface area (Å²) in [5.41, 5.74) is 0.740. The summed E-state index contributed by atoms with van der Waals surface area (Å²) in [4.78, 5) is 37.6. The van der Waals surface area contributed by atoms with Gasteiger partial charge in [-0.25, -0.2) is 0 Å². The first-order valence-corrected chi connectivity index (χ1v) is 11.2. The average Bonchev–Trinajstić information content (AvgIpc) is 3.34. The van der Waals surface area contributed by atoms with Crippen LogP contribution in [-0.4, -0.2) is 51.9 Å². The molecule has 0 bridgehead atoms. The third-order valence-corrected chi connectivity index (χ3v) is 6.13. The van der Waals surface area contributed by atoms with Crippen molar-refractivity contribution >= 4 is 51.9 Å². The van der Waals surface area contributed by atoms with E-state index in [9.17, 15) is 25.0 Å². The number of rotatable bonds is 5. The molecule has 0 radical (unpaired) electrons. The Hall–Kier alpha value is -4.03. The predicted molar refractivity (Wildman–Crippen MR) is 133 cm³/mol. The molecule has 0 saturated carbocycles. The quantitative estimate of drug-likeness (QED) is 0.300. The summed E-state index contributed by atoms with van der Waals surface area (Å²) in [6.45, 7) is 2.06. The molecular weight excluding hydrogens is 498 g/mol. The average molecular weight is 516 g/mol. The summed E-state index contributed by atoms with van der Waals surface area (Å²) in [7, 11) is 0. The van der Waals surface area contributed by atoms with Crippen LogP contribution in [0.2, 0.25) is 5.02 Å². The number of halogens is 1. The molecule has 1 saturated heterocycles. The van der Waals surface area contributed by atoms with Gasteiger partial charge in [0.1, 0.15) is 5.76 Å². The van der Waals surface area contributed by atoms with E-state index in [0.717, 1.165) is 0 Å². The van der Waals surface area contributed by atoms with Gasteiger partial charge in [0.2, 0.25) is 0 Å². The van der Waals surface area contributed by atoms with Crippen molar-refractivity contribution in [2.45, 2.75) is 0 Å². The van der Waals surface area contributed by atoms with Gasteiger partial charge >= 0.3 is 0 Å². The van der Waals surface area contributed by atoms with Crippen molar-refractivity contribution in [1.82, 2.24) is 10.2 Å². The van der Waals surface area contributed by atoms with Crippen molar-refractivity contribution in [2.75, 3.05) is 31.1 Å². The number of nitrogens with one attached hydrogen (secondary N) is 1. The summed E-state index contributed by atoms with van der Waals surface area (Å²) in [6.07, 6.45) is 0. The number of carbonyl (C=O) groups excluding carboxylic acids is 1. The zero-order valence-electron chi connectivity index (χ0n) is 18.0. The highest BCUT2D eigenvalue weighted by Gasteiger charge is 2.24. The monoisotopic (exact) mass is 515 g/mol. The molecule has 1 fully saturated rings. The number of furan rings is 1. The van der Waals surface area contributed by atoms with E-state index in [2.05, 4.69) is 5.32 Å². The minimum absolute atomic E-state index is 0.0307. The number of para-hydroxylation sites is 1. The minimum Gasteiger partial charge on any atom is -0.451 e. The Morgan fingerprint density at radius 1 is 1.00 bits per heavy atom. The molecule has 2 aromatic carbocycles. The molecule has 0 atom stereocenters. The molecular formula is C22H18ClN5O6S. The van der Waals surface area contributed by atoms with Crippen molar-refractivity contribution in [2.24, 2.45) is 0 Å². The van der Waals surface area contributed by atoms with Crippen molar-refractivity contribution in [1.29, 1.82) is 0 Å². The van der Waals surface area contributed by atoms with Gasteiger partial charge in [-0.1, -0.05) is 23.7 Å². The molecule has 35 heavy (non-hydrogen) atoms. The molecule has 1 aromatic heterocycles. The number of carbonyl (C=O) groups is 1. The van der Waals surface area contributed by atoms with E-state index in [0.29, 0.717) is 31.9 Å². The summed E-state index contributed by atoms with van der Waals surface area (Å²) in [5.74, 6) is -0.403. The van der Waals surface area contributed by atoms with Gasteiger partial charge < -0.3 is 14.2 Å². The van der Waals surface area contributed by atoms with Gasteiger partial charge in [-0.05, 0) is 36.5 Å². The number of thiocarbonyl (C=S) groups is 1. The van der Waals surface area contributed by atoms with Crippen LogP contribution in [0, 0.1) is 20.2 Å². The zero-order chi connectivity index (χ0) is 25.1. The lowest BCUT2D eigenvalue weighted by Crippen LogP contribution is -2.52. The van der Waals surface area contributed by atoms with Gasteiger partial charge in [0.15, 0.2) is 10.9 Å². The Labute approximate surface area is 209 Å². The predicted octanol–water partition coefficient (Wildman–Crippen LogP) is 4.25. The fraction of sp³-hybridized carbons (Fsp3) is 0.182. The number of hydrogen-bond donors (Lipinski definition) is 1. The fourth-order valence-corrected chi connectivity index (χ4v) is 4.27. The van der Waals surface area contributed by atoms with Crippen LogP contribution < -0.4 is 10.2 Å². The van der Waals surface area contributed by atoms with Crippen molar-refractivity contribution in [3.8, 4) is 11.3 Å². The first-order valence-electron chi connectivity index (χ1n) is 10.4. The normalized spacial score (nSPS) is 13.4. The highest BCUT2D eigenvalue weighted by Crippen LogP contribution is 2.32. The lowest BCUT2D eigenvalue weighted by molar-refractivity contribution is -0.384. The standard InChI is InChI=1S/C22H18ClN5O6S/c23-16-13-14(27(30)31)5-6-18(16)25-9-11-26(12-10-25)22(35)24-21(29)20-8-7-19(34-20)15-3-1-2-4-17(15)28(32)33/h1-8,13H,9-12H2,(H,24,29,35). The van der Waals surface area contributed by atoms with Crippen LogP contribution in [0.25, 0.3) is 11.3 Å². The van der Waals surface area contributed by atoms with E-state index >= 15 is 0 Å². The number of piperazine rings is 1. The van der Waals surface area contributed by atoms with Crippen LogP contribution in [0.4, 0.5) is 17.1 Å². The van der Waals surface area contributed by atoms with Crippen LogP contribution in [0.15, 0.2) is 59.0 Å². The first kappa shape index (κ1) is 24.1. The second-order valence-corrected chi connectivity index (χ2v) is 8.36. The maximum atomic E-state index is 12.6. The Balaban J connectivity index is 1.36. The van der Waals surface area contributed by atoms with Crippen molar-refractivity contribution in [3.05, 3.63) is 85.6 Å². The molecule has 1 aliphatic heterocycles. The summed E-state index contributed by atoms with van der Waals surface area (Å²) in [5, 5.41) is 25.3. The van der Waals surface area contributed by atoms with Gasteiger partial charge in [-0.15, -0.1) is 0 Å². The fourth-order valence-electron chi connectivity index (χ4n) is 3.70. The number of amides is 1. The third kappa shape index (κ3) is 5.23. The molecule has 13 heteroatoms. The molecule has 1 N–H and O–H groups in total. The third-order valence-electron chi connectivity index (χ3n) is 5.47. The van der Waals surface area contributed by atoms with E-state index in [4.69, 9.17) is 28.2 Å². The van der Waals surface area contributed by atoms with Gasteiger partial charge in [0.25, 0.3) is 17.3 Å². The highest BCUT2D eigenvalue weighted by atomic mass is 35.5. The smallest absolute Gasteiger partial charge is 0.293 e. The number of anilines is 1. The summed E-state index contributed by atoms with van der Waals surface area (Å²) in [6, 6.07) is 13.3. The summed E-state index contributed by atoms with van der Waals surface area (Å²) >= 11 is 11.6. The van der Waals surface area contributed by atoms with Crippen LogP contribution in [0.5, 0.6) is 0 Å². The van der Waals surface area contributed by atoms with Gasteiger partial charge in [0.05, 0.1) is 26.1 Å².